The Hall–Kier alpha value is -2.32. The normalized spacial score (nSPS) is 12.6. The maximum atomic E-state index is 13.4. The summed E-state index contributed by atoms with van der Waals surface area (Å²) in [5.41, 5.74) is 5.54. The summed E-state index contributed by atoms with van der Waals surface area (Å²) >= 11 is 1.24. The van der Waals surface area contributed by atoms with E-state index in [9.17, 15) is 14.4 Å². The van der Waals surface area contributed by atoms with E-state index in [1.54, 1.807) is 12.3 Å². The van der Waals surface area contributed by atoms with Gasteiger partial charge in [0.15, 0.2) is 11.8 Å². The molecule has 0 radical (unpaired) electrons. The number of nitrogens with one attached hydrogen (secondary N) is 1. The molecule has 0 aliphatic rings. The Morgan fingerprint density at radius 1 is 0.933 bits per heavy atom. The number of aromatic nitrogens is 1. The van der Waals surface area contributed by atoms with Crippen LogP contribution < -0.4 is 11.1 Å². The molecule has 3 N–H and O–H groups in total. The number of unbranched alkanes of at least 4 members (excludes halogenated alkanes) is 4. The second kappa shape index (κ2) is 25.8. The first kappa shape index (κ1) is 40.7. The number of hydrogen-bond donors (Lipinski definition) is 2. The molecule has 2 amide bonds. The molecular weight excluding hydrogens is 600 g/mol. The van der Waals surface area contributed by atoms with E-state index >= 15 is 0 Å². The molecule has 0 saturated carbocycles. The Morgan fingerprint density at radius 2 is 1.60 bits per heavy atom. The molecule has 0 spiro atoms. The number of carbonyl (C=O) groups is 3. The van der Waals surface area contributed by atoms with Crippen LogP contribution in [0.3, 0.4) is 0 Å². The number of amides is 2. The second-order valence-corrected chi connectivity index (χ2v) is 11.9. The molecule has 12 nitrogen and oxygen atoms in total. The molecule has 45 heavy (non-hydrogen) atoms. The van der Waals surface area contributed by atoms with Gasteiger partial charge in [-0.15, -0.1) is 11.3 Å². The molecule has 0 saturated heterocycles. The van der Waals surface area contributed by atoms with Crippen molar-refractivity contribution in [2.75, 3.05) is 65.9 Å². The fraction of sp³-hybridized carbons (Fsp3) is 0.812. The van der Waals surface area contributed by atoms with Crippen LogP contribution in [0.2, 0.25) is 0 Å². The standard InChI is InChI=1S/C32H58N4O8S/c1-6-9-11-12-16-36(29(37)13-10-7-2)27(25(4)5)23-28(30-35-26(24-45-30)31(38)43-8-3)44-32(39)34-15-18-41-20-22-42-21-19-40-17-14-33/h24-25,27-28H,6-23,33H2,1-5H3,(H,34,39). The Morgan fingerprint density at radius 3 is 2.22 bits per heavy atom. The summed E-state index contributed by atoms with van der Waals surface area (Å²) in [6.07, 6.45) is 5.40. The Bertz CT molecular complexity index is 933. The molecule has 1 aromatic heterocycles. The zero-order valence-corrected chi connectivity index (χ0v) is 29.0. The highest BCUT2D eigenvalue weighted by Gasteiger charge is 2.32. The summed E-state index contributed by atoms with van der Waals surface area (Å²) < 4.78 is 27.2. The van der Waals surface area contributed by atoms with Crippen molar-refractivity contribution in [3.63, 3.8) is 0 Å². The quantitative estimate of drug-likeness (QED) is 0.0964. The minimum absolute atomic E-state index is 0.100. The minimum Gasteiger partial charge on any atom is -0.461 e. The lowest BCUT2D eigenvalue weighted by Gasteiger charge is -2.36. The molecule has 0 aromatic carbocycles. The van der Waals surface area contributed by atoms with Crippen LogP contribution in [-0.2, 0) is 28.5 Å². The summed E-state index contributed by atoms with van der Waals surface area (Å²) in [5, 5.41) is 4.83. The van der Waals surface area contributed by atoms with Gasteiger partial charge < -0.3 is 39.6 Å². The largest absolute Gasteiger partial charge is 0.461 e. The van der Waals surface area contributed by atoms with E-state index in [-0.39, 0.29) is 43.3 Å². The van der Waals surface area contributed by atoms with Crippen molar-refractivity contribution >= 4 is 29.3 Å². The average molecular weight is 659 g/mol. The van der Waals surface area contributed by atoms with Crippen LogP contribution in [0.4, 0.5) is 4.79 Å². The molecular formula is C32H58N4O8S. The maximum Gasteiger partial charge on any atom is 0.407 e. The highest BCUT2D eigenvalue weighted by Crippen LogP contribution is 2.31. The zero-order chi connectivity index (χ0) is 33.3. The van der Waals surface area contributed by atoms with E-state index in [0.29, 0.717) is 64.0 Å². The number of nitrogens with two attached hydrogens (primary N) is 1. The molecule has 1 heterocycles. The predicted octanol–water partition coefficient (Wildman–Crippen LogP) is 5.11. The monoisotopic (exact) mass is 658 g/mol. The van der Waals surface area contributed by atoms with Gasteiger partial charge in [0.05, 0.1) is 46.2 Å². The van der Waals surface area contributed by atoms with Gasteiger partial charge in [-0.25, -0.2) is 14.6 Å². The fourth-order valence-corrected chi connectivity index (χ4v) is 5.42. The van der Waals surface area contributed by atoms with Crippen molar-refractivity contribution in [1.82, 2.24) is 15.2 Å². The molecule has 2 unspecified atom stereocenters. The van der Waals surface area contributed by atoms with Gasteiger partial charge in [0.25, 0.3) is 0 Å². The van der Waals surface area contributed by atoms with Gasteiger partial charge in [0.1, 0.15) is 5.01 Å². The summed E-state index contributed by atoms with van der Waals surface area (Å²) in [4.78, 5) is 45.2. The first-order chi connectivity index (χ1) is 21.8. The van der Waals surface area contributed by atoms with Crippen molar-refractivity contribution in [2.45, 2.75) is 98.1 Å². The number of rotatable bonds is 27. The first-order valence-corrected chi connectivity index (χ1v) is 17.5. The van der Waals surface area contributed by atoms with Gasteiger partial charge in [0.2, 0.25) is 5.91 Å². The van der Waals surface area contributed by atoms with Crippen LogP contribution in [0.5, 0.6) is 0 Å². The molecule has 1 aromatic rings. The van der Waals surface area contributed by atoms with Crippen LogP contribution in [0.25, 0.3) is 0 Å². The lowest BCUT2D eigenvalue weighted by atomic mass is 9.95. The van der Waals surface area contributed by atoms with Crippen LogP contribution in [0, 0.1) is 5.92 Å². The predicted molar refractivity (Wildman–Crippen MR) is 175 cm³/mol. The molecule has 260 valence electrons. The molecule has 0 aliphatic carbocycles. The van der Waals surface area contributed by atoms with Crippen molar-refractivity contribution in [3.05, 3.63) is 16.1 Å². The zero-order valence-electron chi connectivity index (χ0n) is 28.2. The van der Waals surface area contributed by atoms with E-state index in [4.69, 9.17) is 29.4 Å². The number of nitrogens with zero attached hydrogens (tertiary/aromatic N) is 2. The second-order valence-electron chi connectivity index (χ2n) is 11.0. The third kappa shape index (κ3) is 17.8. The molecule has 0 fully saturated rings. The number of hydrogen-bond acceptors (Lipinski definition) is 11. The van der Waals surface area contributed by atoms with E-state index in [1.807, 2.05) is 4.90 Å². The van der Waals surface area contributed by atoms with Crippen molar-refractivity contribution < 1.29 is 38.1 Å². The summed E-state index contributed by atoms with van der Waals surface area (Å²) in [6.45, 7) is 14.2. The highest BCUT2D eigenvalue weighted by atomic mass is 32.1. The Balaban J connectivity index is 2.93. The topological polar surface area (TPSA) is 152 Å². The Kier molecular flexibility index (Phi) is 23.4. The van der Waals surface area contributed by atoms with Gasteiger partial charge in [0, 0.05) is 43.9 Å². The molecule has 13 heteroatoms. The van der Waals surface area contributed by atoms with Gasteiger partial charge in [-0.1, -0.05) is 53.4 Å². The molecule has 2 atom stereocenters. The lowest BCUT2D eigenvalue weighted by molar-refractivity contribution is -0.135. The minimum atomic E-state index is -0.765. The third-order valence-corrected chi connectivity index (χ3v) is 7.93. The van der Waals surface area contributed by atoms with E-state index in [1.165, 1.54) is 11.3 Å². The van der Waals surface area contributed by atoms with E-state index < -0.39 is 18.2 Å². The molecule has 0 bridgehead atoms. The van der Waals surface area contributed by atoms with Crippen LogP contribution >= 0.6 is 11.3 Å². The van der Waals surface area contributed by atoms with Crippen molar-refractivity contribution in [3.8, 4) is 0 Å². The molecule has 1 rings (SSSR count). The van der Waals surface area contributed by atoms with Gasteiger partial charge in [-0.3, -0.25) is 4.79 Å². The summed E-state index contributed by atoms with van der Waals surface area (Å²) in [5.74, 6) is -0.311. The number of thiazole rings is 1. The number of esters is 1. The SMILES string of the molecule is CCCCCCN(C(=O)CCCC)C(CC(OC(=O)NCCOCCOCCOCCN)c1nc(C(=O)OCC)cs1)C(C)C. The fourth-order valence-electron chi connectivity index (χ4n) is 4.59. The average Bonchev–Trinajstić information content (AvgIpc) is 3.52. The van der Waals surface area contributed by atoms with Gasteiger partial charge in [-0.2, -0.15) is 0 Å². The highest BCUT2D eigenvalue weighted by molar-refractivity contribution is 7.09. The van der Waals surface area contributed by atoms with Gasteiger partial charge in [-0.05, 0) is 25.7 Å². The number of ether oxygens (including phenoxy) is 5. The number of carbonyl (C=O) groups excluding carboxylic acids is 3. The summed E-state index contributed by atoms with van der Waals surface area (Å²) in [7, 11) is 0. The van der Waals surface area contributed by atoms with Crippen LogP contribution in [0.15, 0.2) is 5.38 Å². The van der Waals surface area contributed by atoms with E-state index in [0.717, 1.165) is 38.5 Å². The van der Waals surface area contributed by atoms with Crippen molar-refractivity contribution in [1.29, 1.82) is 0 Å². The van der Waals surface area contributed by atoms with Gasteiger partial charge >= 0.3 is 12.1 Å². The maximum absolute atomic E-state index is 13.4. The molecule has 0 aliphatic heterocycles. The lowest BCUT2D eigenvalue weighted by Crippen LogP contribution is -2.45. The van der Waals surface area contributed by atoms with Crippen LogP contribution in [0.1, 0.15) is 108 Å². The van der Waals surface area contributed by atoms with E-state index in [2.05, 4.69) is 38.0 Å². The Labute approximate surface area is 274 Å². The first-order valence-electron chi connectivity index (χ1n) is 16.6. The summed E-state index contributed by atoms with van der Waals surface area (Å²) in [6, 6.07) is -0.187. The third-order valence-electron chi connectivity index (χ3n) is 7.00. The number of alkyl carbamates (subject to hydrolysis) is 1. The smallest absolute Gasteiger partial charge is 0.407 e. The van der Waals surface area contributed by atoms with Crippen LogP contribution in [-0.4, -0.2) is 99.8 Å². The van der Waals surface area contributed by atoms with Crippen molar-refractivity contribution in [2.24, 2.45) is 11.7 Å².